The number of sulfonamides is 1. The lowest BCUT2D eigenvalue weighted by atomic mass is 10.2. The molecule has 0 aliphatic heterocycles. The molecule has 0 unspecified atom stereocenters. The van der Waals surface area contributed by atoms with Crippen LogP contribution in [0.1, 0.15) is 10.6 Å². The van der Waals surface area contributed by atoms with Crippen molar-refractivity contribution in [3.8, 4) is 0 Å². The van der Waals surface area contributed by atoms with E-state index in [1.165, 1.54) is 16.8 Å². The molecule has 1 N–H and O–H groups in total. The number of carbonyl (C=O) groups is 1. The third-order valence-corrected chi connectivity index (χ3v) is 6.45. The molecule has 0 bridgehead atoms. The summed E-state index contributed by atoms with van der Waals surface area (Å²) < 4.78 is 31.2. The second-order valence-electron chi connectivity index (χ2n) is 6.00. The van der Waals surface area contributed by atoms with Crippen molar-refractivity contribution in [1.82, 2.24) is 9.78 Å². The summed E-state index contributed by atoms with van der Waals surface area (Å²) in [5.41, 5.74) is 1.58. The van der Waals surface area contributed by atoms with Crippen molar-refractivity contribution in [2.24, 2.45) is 4.40 Å². The predicted octanol–water partition coefficient (Wildman–Crippen LogP) is 3.25. The molecule has 3 aromatic rings. The second kappa shape index (κ2) is 8.38. The van der Waals surface area contributed by atoms with Crippen molar-refractivity contribution in [1.29, 1.82) is 0 Å². The van der Waals surface area contributed by atoms with Gasteiger partial charge in [0.25, 0.3) is 10.0 Å². The van der Waals surface area contributed by atoms with Crippen LogP contribution in [0, 0.1) is 13.8 Å². The van der Waals surface area contributed by atoms with Crippen molar-refractivity contribution in [2.75, 3.05) is 5.32 Å². The highest BCUT2D eigenvalue weighted by Crippen LogP contribution is 2.15. The lowest BCUT2D eigenvalue weighted by molar-refractivity contribution is -0.117. The van der Waals surface area contributed by atoms with Crippen LogP contribution >= 0.6 is 27.3 Å². The number of hydrogen-bond donors (Lipinski definition) is 1. The van der Waals surface area contributed by atoms with E-state index >= 15 is 0 Å². The summed E-state index contributed by atoms with van der Waals surface area (Å²) in [4.78, 5) is 12.6. The average Bonchev–Trinajstić information content (AvgIpc) is 2.95. The number of halogens is 1. The van der Waals surface area contributed by atoms with E-state index in [0.717, 1.165) is 21.4 Å². The number of aryl methyl sites for hydroxylation is 2. The Morgan fingerprint density at radius 2 is 1.79 bits per heavy atom. The van der Waals surface area contributed by atoms with E-state index < -0.39 is 10.0 Å². The van der Waals surface area contributed by atoms with Gasteiger partial charge in [0.1, 0.15) is 11.6 Å². The fourth-order valence-corrected chi connectivity index (χ4v) is 4.53. The largest absolute Gasteiger partial charge is 0.324 e. The first kappa shape index (κ1) is 20.4. The van der Waals surface area contributed by atoms with Gasteiger partial charge in [0.15, 0.2) is 0 Å². The normalized spacial score (nSPS) is 12.2. The van der Waals surface area contributed by atoms with Crippen molar-refractivity contribution in [3.63, 3.8) is 0 Å². The van der Waals surface area contributed by atoms with E-state index in [9.17, 15) is 13.2 Å². The van der Waals surface area contributed by atoms with Crippen LogP contribution in [0.5, 0.6) is 0 Å². The lowest BCUT2D eigenvalue weighted by Gasteiger charge is -2.05. The van der Waals surface area contributed by atoms with Gasteiger partial charge in [-0.2, -0.15) is 13.5 Å². The molecule has 0 radical (unpaired) electrons. The predicted molar refractivity (Wildman–Crippen MR) is 112 cm³/mol. The van der Waals surface area contributed by atoms with Crippen LogP contribution in [0.3, 0.4) is 0 Å². The minimum Gasteiger partial charge on any atom is -0.324 e. The molecule has 2 aromatic carbocycles. The first-order valence-corrected chi connectivity index (χ1v) is 11.3. The standard InChI is InChI=1S/C18H17BrN4O3S2/c1-12-3-9-16(10-4-12)28(25,26)22-18-23(21-13(2)27-18)11-17(24)20-15-7-5-14(19)6-8-15/h3-10H,11H2,1-2H3,(H,20,24)/b22-18-. The Bertz CT molecular complexity index is 1160. The first-order chi connectivity index (χ1) is 13.2. The SMILES string of the molecule is Cc1ccc(S(=O)(=O)/N=c2\sc(C)nn2CC(=O)Nc2ccc(Br)cc2)cc1. The summed E-state index contributed by atoms with van der Waals surface area (Å²) in [6, 6.07) is 13.6. The maximum atomic E-state index is 12.6. The summed E-state index contributed by atoms with van der Waals surface area (Å²) in [5, 5.41) is 7.56. The molecule has 146 valence electrons. The third kappa shape index (κ3) is 5.15. The van der Waals surface area contributed by atoms with Crippen molar-refractivity contribution < 1.29 is 13.2 Å². The molecule has 1 aromatic heterocycles. The topological polar surface area (TPSA) is 93.4 Å². The van der Waals surface area contributed by atoms with Crippen LogP contribution in [0.15, 0.2) is 62.3 Å². The highest BCUT2D eigenvalue weighted by Gasteiger charge is 2.15. The number of amides is 1. The van der Waals surface area contributed by atoms with Gasteiger partial charge >= 0.3 is 0 Å². The molecule has 0 saturated heterocycles. The highest BCUT2D eigenvalue weighted by molar-refractivity contribution is 9.10. The van der Waals surface area contributed by atoms with Crippen molar-refractivity contribution in [2.45, 2.75) is 25.3 Å². The van der Waals surface area contributed by atoms with Crippen LogP contribution in [0.4, 0.5) is 5.69 Å². The summed E-state index contributed by atoms with van der Waals surface area (Å²) >= 11 is 4.44. The molecule has 0 aliphatic rings. The van der Waals surface area contributed by atoms with Crippen LogP contribution in [0.25, 0.3) is 0 Å². The Kier molecular flexibility index (Phi) is 6.11. The van der Waals surface area contributed by atoms with E-state index in [2.05, 4.69) is 30.7 Å². The number of hydrogen-bond acceptors (Lipinski definition) is 5. The smallest absolute Gasteiger partial charge is 0.285 e. The molecule has 1 amide bonds. The van der Waals surface area contributed by atoms with Gasteiger partial charge in [0.2, 0.25) is 10.7 Å². The molecule has 10 heteroatoms. The van der Waals surface area contributed by atoms with Gasteiger partial charge in [-0.1, -0.05) is 45.0 Å². The number of nitrogens with zero attached hydrogens (tertiary/aromatic N) is 3. The molecule has 0 fully saturated rings. The molecular formula is C18H17BrN4O3S2. The van der Waals surface area contributed by atoms with E-state index in [1.807, 2.05) is 19.1 Å². The third-order valence-electron chi connectivity index (χ3n) is 3.66. The summed E-state index contributed by atoms with van der Waals surface area (Å²) in [5.74, 6) is -0.332. The molecule has 1 heterocycles. The van der Waals surface area contributed by atoms with Gasteiger partial charge in [-0.3, -0.25) is 4.79 Å². The lowest BCUT2D eigenvalue weighted by Crippen LogP contribution is -2.27. The number of aromatic nitrogens is 2. The summed E-state index contributed by atoms with van der Waals surface area (Å²) in [6.07, 6.45) is 0. The molecule has 3 rings (SSSR count). The Morgan fingerprint density at radius 3 is 2.43 bits per heavy atom. The van der Waals surface area contributed by atoms with Crippen LogP contribution in [-0.4, -0.2) is 24.1 Å². The Hall–Kier alpha value is -2.30. The van der Waals surface area contributed by atoms with Gasteiger partial charge < -0.3 is 5.32 Å². The maximum Gasteiger partial charge on any atom is 0.285 e. The van der Waals surface area contributed by atoms with Crippen LogP contribution in [0.2, 0.25) is 0 Å². The van der Waals surface area contributed by atoms with Crippen LogP contribution < -0.4 is 10.1 Å². The monoisotopic (exact) mass is 480 g/mol. The van der Waals surface area contributed by atoms with Gasteiger partial charge in [0, 0.05) is 10.2 Å². The Balaban J connectivity index is 1.86. The zero-order valence-electron chi connectivity index (χ0n) is 15.1. The zero-order valence-corrected chi connectivity index (χ0v) is 18.3. The summed E-state index contributed by atoms with van der Waals surface area (Å²) in [6.45, 7) is 3.45. The van der Waals surface area contributed by atoms with E-state index in [-0.39, 0.29) is 22.1 Å². The van der Waals surface area contributed by atoms with Gasteiger partial charge in [-0.15, -0.1) is 4.40 Å². The zero-order chi connectivity index (χ0) is 20.3. The van der Waals surface area contributed by atoms with E-state index in [0.29, 0.717) is 10.7 Å². The number of carbonyl (C=O) groups excluding carboxylic acids is 1. The summed E-state index contributed by atoms with van der Waals surface area (Å²) in [7, 11) is -3.90. The number of benzene rings is 2. The fraction of sp³-hybridized carbons (Fsp3) is 0.167. The molecular weight excluding hydrogens is 464 g/mol. The molecule has 0 spiro atoms. The van der Waals surface area contributed by atoms with E-state index in [1.54, 1.807) is 31.2 Å². The maximum absolute atomic E-state index is 12.6. The highest BCUT2D eigenvalue weighted by atomic mass is 79.9. The van der Waals surface area contributed by atoms with Crippen molar-refractivity contribution in [3.05, 3.63) is 68.4 Å². The second-order valence-corrected chi connectivity index (χ2v) is 9.68. The minimum atomic E-state index is -3.90. The molecule has 0 saturated carbocycles. The average molecular weight is 481 g/mol. The Labute approximate surface area is 174 Å². The van der Waals surface area contributed by atoms with Crippen LogP contribution in [-0.2, 0) is 21.4 Å². The van der Waals surface area contributed by atoms with Gasteiger partial charge in [0.05, 0.1) is 4.90 Å². The molecule has 0 aliphatic carbocycles. The molecule has 0 atom stereocenters. The Morgan fingerprint density at radius 1 is 1.14 bits per heavy atom. The van der Waals surface area contributed by atoms with E-state index in [4.69, 9.17) is 0 Å². The molecule has 28 heavy (non-hydrogen) atoms. The number of nitrogens with one attached hydrogen (secondary N) is 1. The van der Waals surface area contributed by atoms with Gasteiger partial charge in [-0.05, 0) is 50.2 Å². The number of anilines is 1. The van der Waals surface area contributed by atoms with Crippen molar-refractivity contribution >= 4 is 48.9 Å². The number of rotatable bonds is 5. The van der Waals surface area contributed by atoms with Gasteiger partial charge in [-0.25, -0.2) is 4.68 Å². The first-order valence-electron chi connectivity index (χ1n) is 8.20. The quantitative estimate of drug-likeness (QED) is 0.606. The molecule has 7 nitrogen and oxygen atoms in total. The fourth-order valence-electron chi connectivity index (χ4n) is 2.32. The minimum absolute atomic E-state index is 0.0926.